The summed E-state index contributed by atoms with van der Waals surface area (Å²) in [5.41, 5.74) is 1.12. The van der Waals surface area contributed by atoms with E-state index in [1.807, 2.05) is 24.3 Å². The largest absolute Gasteiger partial charge is 0.326 e. The first-order valence-corrected chi connectivity index (χ1v) is 5.04. The molecule has 2 rings (SSSR count). The van der Waals surface area contributed by atoms with Gasteiger partial charge in [0.2, 0.25) is 0 Å². The fourth-order valence-electron chi connectivity index (χ4n) is 1.21. The zero-order valence-electron chi connectivity index (χ0n) is 7.58. The Morgan fingerprint density at radius 2 is 1.73 bits per heavy atom. The van der Waals surface area contributed by atoms with Gasteiger partial charge < -0.3 is 5.32 Å². The first kappa shape index (κ1) is 9.92. The van der Waals surface area contributed by atoms with Gasteiger partial charge >= 0.3 is 6.03 Å². The Kier molecular flexibility index (Phi) is 2.55. The lowest BCUT2D eigenvalue weighted by Crippen LogP contribution is -2.22. The molecule has 1 aliphatic heterocycles. The number of hydrogen-bond acceptors (Lipinski definition) is 2. The van der Waals surface area contributed by atoms with Crippen molar-refractivity contribution in [1.29, 1.82) is 0 Å². The summed E-state index contributed by atoms with van der Waals surface area (Å²) in [4.78, 5) is 22.0. The molecule has 15 heavy (non-hydrogen) atoms. The number of amides is 3. The molecule has 1 fully saturated rings. The lowest BCUT2D eigenvalue weighted by atomic mass is 10.2. The minimum Gasteiger partial charge on any atom is -0.303 e. The molecule has 1 heterocycles. The second-order valence-electron chi connectivity index (χ2n) is 3.02. The number of imide groups is 1. The van der Waals surface area contributed by atoms with Gasteiger partial charge in [-0.15, -0.1) is 0 Å². The van der Waals surface area contributed by atoms with E-state index >= 15 is 0 Å². The first-order chi connectivity index (χ1) is 7.15. The van der Waals surface area contributed by atoms with Gasteiger partial charge in [-0.05, 0) is 23.8 Å². The summed E-state index contributed by atoms with van der Waals surface area (Å²) < 4.78 is 0.963. The number of benzene rings is 1. The molecule has 1 saturated heterocycles. The van der Waals surface area contributed by atoms with Crippen molar-refractivity contribution in [2.24, 2.45) is 0 Å². The molecule has 0 radical (unpaired) electrons. The minimum atomic E-state index is -0.483. The molecular formula is C10H7BrN2O2. The highest BCUT2D eigenvalue weighted by Gasteiger charge is 2.22. The van der Waals surface area contributed by atoms with Crippen LogP contribution in [-0.4, -0.2) is 11.9 Å². The molecule has 0 unspecified atom stereocenters. The van der Waals surface area contributed by atoms with Crippen LogP contribution in [0.5, 0.6) is 0 Å². The number of halogens is 1. The van der Waals surface area contributed by atoms with E-state index in [4.69, 9.17) is 0 Å². The maximum Gasteiger partial charge on any atom is 0.326 e. The summed E-state index contributed by atoms with van der Waals surface area (Å²) in [6.07, 6.45) is 1.62. The second-order valence-corrected chi connectivity index (χ2v) is 3.93. The van der Waals surface area contributed by atoms with Crippen LogP contribution in [0.15, 0.2) is 34.4 Å². The lowest BCUT2D eigenvalue weighted by molar-refractivity contribution is -0.115. The standard InChI is InChI=1S/C10H7BrN2O2/c11-7-3-1-6(2-4-7)5-8-9(14)13-10(15)12-8/h1-5H,(H2,12,13,14,15)/b8-5-. The molecule has 3 amide bonds. The SMILES string of the molecule is O=C1NC(=O)/C(=C/c2ccc(Br)cc2)N1. The minimum absolute atomic E-state index is 0.266. The van der Waals surface area contributed by atoms with Crippen molar-refractivity contribution in [3.8, 4) is 0 Å². The van der Waals surface area contributed by atoms with E-state index in [2.05, 4.69) is 26.6 Å². The van der Waals surface area contributed by atoms with Crippen LogP contribution >= 0.6 is 15.9 Å². The molecule has 0 atom stereocenters. The van der Waals surface area contributed by atoms with Gasteiger partial charge in [-0.25, -0.2) is 4.79 Å². The molecule has 1 aromatic carbocycles. The van der Waals surface area contributed by atoms with Crippen molar-refractivity contribution in [1.82, 2.24) is 10.6 Å². The molecule has 0 saturated carbocycles. The normalized spacial score (nSPS) is 17.8. The molecule has 0 spiro atoms. The molecule has 1 aliphatic rings. The number of hydrogen-bond donors (Lipinski definition) is 2. The van der Waals surface area contributed by atoms with Gasteiger partial charge in [-0.1, -0.05) is 28.1 Å². The van der Waals surface area contributed by atoms with Crippen LogP contribution in [0.4, 0.5) is 4.79 Å². The van der Waals surface area contributed by atoms with Crippen molar-refractivity contribution in [3.05, 3.63) is 40.0 Å². The third kappa shape index (κ3) is 2.24. The quantitative estimate of drug-likeness (QED) is 0.600. The van der Waals surface area contributed by atoms with Gasteiger partial charge in [-0.3, -0.25) is 10.1 Å². The third-order valence-electron chi connectivity index (χ3n) is 1.90. The fourth-order valence-corrected chi connectivity index (χ4v) is 1.47. The number of rotatable bonds is 1. The van der Waals surface area contributed by atoms with Gasteiger partial charge in [0, 0.05) is 4.47 Å². The van der Waals surface area contributed by atoms with Crippen LogP contribution in [0.3, 0.4) is 0 Å². The van der Waals surface area contributed by atoms with E-state index in [-0.39, 0.29) is 5.70 Å². The highest BCUT2D eigenvalue weighted by atomic mass is 79.9. The van der Waals surface area contributed by atoms with E-state index < -0.39 is 11.9 Å². The smallest absolute Gasteiger partial charge is 0.303 e. The molecular weight excluding hydrogens is 260 g/mol. The Morgan fingerprint density at radius 1 is 1.07 bits per heavy atom. The Bertz CT molecular complexity index is 451. The molecule has 1 aromatic rings. The number of carbonyl (C=O) groups is 2. The average molecular weight is 267 g/mol. The maximum absolute atomic E-state index is 11.2. The topological polar surface area (TPSA) is 58.2 Å². The summed E-state index contributed by atoms with van der Waals surface area (Å²) in [5.74, 6) is -0.400. The molecule has 5 heteroatoms. The van der Waals surface area contributed by atoms with Crippen LogP contribution < -0.4 is 10.6 Å². The Labute approximate surface area is 94.5 Å². The highest BCUT2D eigenvalue weighted by Crippen LogP contribution is 2.13. The molecule has 2 N–H and O–H groups in total. The average Bonchev–Trinajstić information content (AvgIpc) is 2.49. The van der Waals surface area contributed by atoms with Crippen molar-refractivity contribution in [2.45, 2.75) is 0 Å². The van der Waals surface area contributed by atoms with E-state index in [9.17, 15) is 9.59 Å². The van der Waals surface area contributed by atoms with Gasteiger partial charge in [-0.2, -0.15) is 0 Å². The Balaban J connectivity index is 2.27. The van der Waals surface area contributed by atoms with Crippen molar-refractivity contribution >= 4 is 33.9 Å². The van der Waals surface area contributed by atoms with Gasteiger partial charge in [0.15, 0.2) is 0 Å². The van der Waals surface area contributed by atoms with Crippen molar-refractivity contribution < 1.29 is 9.59 Å². The summed E-state index contributed by atoms with van der Waals surface area (Å²) in [7, 11) is 0. The number of carbonyl (C=O) groups excluding carboxylic acids is 2. The molecule has 4 nitrogen and oxygen atoms in total. The predicted molar refractivity (Wildman–Crippen MR) is 58.8 cm³/mol. The zero-order chi connectivity index (χ0) is 10.8. The fraction of sp³-hybridized carbons (Fsp3) is 0. The summed E-state index contributed by atoms with van der Waals surface area (Å²) in [5, 5.41) is 4.55. The third-order valence-corrected chi connectivity index (χ3v) is 2.43. The number of urea groups is 1. The zero-order valence-corrected chi connectivity index (χ0v) is 9.17. The van der Waals surface area contributed by atoms with E-state index in [0.29, 0.717) is 0 Å². The van der Waals surface area contributed by atoms with Crippen LogP contribution in [0, 0.1) is 0 Å². The highest BCUT2D eigenvalue weighted by molar-refractivity contribution is 9.10. The summed E-state index contributed by atoms with van der Waals surface area (Å²) in [6, 6.07) is 6.93. The molecule has 0 aromatic heterocycles. The van der Waals surface area contributed by atoms with Crippen molar-refractivity contribution in [3.63, 3.8) is 0 Å². The number of nitrogens with one attached hydrogen (secondary N) is 2. The first-order valence-electron chi connectivity index (χ1n) is 4.25. The summed E-state index contributed by atoms with van der Waals surface area (Å²) in [6.45, 7) is 0. The van der Waals surface area contributed by atoms with E-state index in [1.165, 1.54) is 0 Å². The van der Waals surface area contributed by atoms with Crippen LogP contribution in [0.2, 0.25) is 0 Å². The summed E-state index contributed by atoms with van der Waals surface area (Å²) >= 11 is 3.31. The van der Waals surface area contributed by atoms with E-state index in [0.717, 1.165) is 10.0 Å². The predicted octanol–water partition coefficient (Wildman–Crippen LogP) is 1.63. The van der Waals surface area contributed by atoms with Crippen LogP contribution in [-0.2, 0) is 4.79 Å². The monoisotopic (exact) mass is 266 g/mol. The van der Waals surface area contributed by atoms with Crippen LogP contribution in [0.1, 0.15) is 5.56 Å². The molecule has 0 aliphatic carbocycles. The Hall–Kier alpha value is -1.62. The maximum atomic E-state index is 11.2. The Morgan fingerprint density at radius 3 is 2.27 bits per heavy atom. The molecule has 0 bridgehead atoms. The lowest BCUT2D eigenvalue weighted by Gasteiger charge is -1.96. The molecule has 76 valence electrons. The van der Waals surface area contributed by atoms with E-state index in [1.54, 1.807) is 6.08 Å². The van der Waals surface area contributed by atoms with Gasteiger partial charge in [0.1, 0.15) is 5.70 Å². The van der Waals surface area contributed by atoms with Crippen molar-refractivity contribution in [2.75, 3.05) is 0 Å². The second kappa shape index (κ2) is 3.86. The van der Waals surface area contributed by atoms with Crippen LogP contribution in [0.25, 0.3) is 6.08 Å². The van der Waals surface area contributed by atoms with Gasteiger partial charge in [0.25, 0.3) is 5.91 Å². The van der Waals surface area contributed by atoms with Gasteiger partial charge in [0.05, 0.1) is 0 Å².